The number of nitrogens with one attached hydrogen (secondary N) is 1. The molecule has 1 fully saturated rings. The normalized spacial score (nSPS) is 19.4. The van der Waals surface area contributed by atoms with E-state index in [1.165, 1.54) is 0 Å². The molecule has 0 radical (unpaired) electrons. The van der Waals surface area contributed by atoms with E-state index in [0.717, 1.165) is 11.3 Å². The van der Waals surface area contributed by atoms with Crippen molar-refractivity contribution in [3.8, 4) is 5.75 Å². The van der Waals surface area contributed by atoms with Crippen molar-refractivity contribution in [3.63, 3.8) is 0 Å². The maximum atomic E-state index is 12.9. The SMILES string of the molecule is COCCn1cc(NC(=O)C2CC(=O)N(C)C2c2ccc(OC)cc2)cn1. The lowest BCUT2D eigenvalue weighted by Crippen LogP contribution is -2.29. The molecule has 2 aromatic rings. The summed E-state index contributed by atoms with van der Waals surface area (Å²) in [6.07, 6.45) is 3.52. The van der Waals surface area contributed by atoms with Gasteiger partial charge in [0, 0.05) is 26.8 Å². The van der Waals surface area contributed by atoms with Gasteiger partial charge in [-0.1, -0.05) is 12.1 Å². The molecule has 2 amide bonds. The van der Waals surface area contributed by atoms with Gasteiger partial charge in [0.15, 0.2) is 0 Å². The van der Waals surface area contributed by atoms with Gasteiger partial charge in [-0.25, -0.2) is 0 Å². The average molecular weight is 372 g/mol. The van der Waals surface area contributed by atoms with Gasteiger partial charge in [0.2, 0.25) is 11.8 Å². The number of anilines is 1. The monoisotopic (exact) mass is 372 g/mol. The highest BCUT2D eigenvalue weighted by Gasteiger charge is 2.42. The summed E-state index contributed by atoms with van der Waals surface area (Å²) in [6.45, 7) is 1.14. The van der Waals surface area contributed by atoms with Crippen molar-refractivity contribution in [3.05, 3.63) is 42.2 Å². The number of aromatic nitrogens is 2. The van der Waals surface area contributed by atoms with Crippen LogP contribution >= 0.6 is 0 Å². The Morgan fingerprint density at radius 2 is 2.04 bits per heavy atom. The summed E-state index contributed by atoms with van der Waals surface area (Å²) in [5, 5.41) is 7.07. The molecule has 2 heterocycles. The third-order valence-electron chi connectivity index (χ3n) is 4.81. The third-order valence-corrected chi connectivity index (χ3v) is 4.81. The van der Waals surface area contributed by atoms with Gasteiger partial charge in [-0.2, -0.15) is 5.10 Å². The van der Waals surface area contributed by atoms with Crippen LogP contribution < -0.4 is 10.1 Å². The summed E-state index contributed by atoms with van der Waals surface area (Å²) < 4.78 is 11.9. The van der Waals surface area contributed by atoms with Gasteiger partial charge >= 0.3 is 0 Å². The predicted molar refractivity (Wildman–Crippen MR) is 99.3 cm³/mol. The maximum Gasteiger partial charge on any atom is 0.230 e. The molecule has 0 saturated carbocycles. The van der Waals surface area contributed by atoms with Crippen molar-refractivity contribution >= 4 is 17.5 Å². The number of methoxy groups -OCH3 is 2. The molecule has 1 N–H and O–H groups in total. The Balaban J connectivity index is 1.75. The van der Waals surface area contributed by atoms with Crippen LogP contribution in [0.2, 0.25) is 0 Å². The topological polar surface area (TPSA) is 85.7 Å². The van der Waals surface area contributed by atoms with E-state index >= 15 is 0 Å². The fraction of sp³-hybridized carbons (Fsp3) is 0.421. The fourth-order valence-corrected chi connectivity index (χ4v) is 3.33. The summed E-state index contributed by atoms with van der Waals surface area (Å²) in [6, 6.07) is 7.14. The highest BCUT2D eigenvalue weighted by Crippen LogP contribution is 2.38. The zero-order chi connectivity index (χ0) is 19.4. The predicted octanol–water partition coefficient (Wildman–Crippen LogP) is 1.70. The highest BCUT2D eigenvalue weighted by molar-refractivity contribution is 5.97. The van der Waals surface area contributed by atoms with E-state index in [0.29, 0.717) is 18.8 Å². The molecule has 0 aliphatic carbocycles. The molecule has 8 nitrogen and oxygen atoms in total. The number of carbonyl (C=O) groups is 2. The number of nitrogens with zero attached hydrogens (tertiary/aromatic N) is 3. The van der Waals surface area contributed by atoms with Crippen molar-refractivity contribution in [1.29, 1.82) is 0 Å². The number of likely N-dealkylation sites (tertiary alicyclic amines) is 1. The first-order valence-electron chi connectivity index (χ1n) is 8.75. The number of carbonyl (C=O) groups excluding carboxylic acids is 2. The van der Waals surface area contributed by atoms with Crippen LogP contribution in [0.25, 0.3) is 0 Å². The van der Waals surface area contributed by atoms with Crippen LogP contribution in [-0.2, 0) is 20.9 Å². The molecule has 2 unspecified atom stereocenters. The minimum absolute atomic E-state index is 0.0493. The van der Waals surface area contributed by atoms with Crippen molar-refractivity contribution in [2.45, 2.75) is 19.0 Å². The Labute approximate surface area is 158 Å². The van der Waals surface area contributed by atoms with Crippen LogP contribution in [0.5, 0.6) is 5.75 Å². The number of hydrogen-bond acceptors (Lipinski definition) is 5. The van der Waals surface area contributed by atoms with Gasteiger partial charge in [-0.3, -0.25) is 14.3 Å². The molecule has 3 rings (SSSR count). The third kappa shape index (κ3) is 4.11. The Morgan fingerprint density at radius 3 is 2.70 bits per heavy atom. The second kappa shape index (κ2) is 8.22. The second-order valence-electron chi connectivity index (χ2n) is 6.51. The first kappa shape index (κ1) is 18.9. The van der Waals surface area contributed by atoms with Crippen LogP contribution in [0.3, 0.4) is 0 Å². The van der Waals surface area contributed by atoms with Crippen molar-refractivity contribution in [2.75, 3.05) is 33.2 Å². The molecule has 1 aromatic carbocycles. The Bertz CT molecular complexity index is 802. The molecule has 1 aliphatic rings. The Morgan fingerprint density at radius 1 is 1.30 bits per heavy atom. The highest BCUT2D eigenvalue weighted by atomic mass is 16.5. The first-order valence-corrected chi connectivity index (χ1v) is 8.75. The molecule has 1 aromatic heterocycles. The summed E-state index contributed by atoms with van der Waals surface area (Å²) in [4.78, 5) is 26.8. The molecule has 0 spiro atoms. The van der Waals surface area contributed by atoms with Crippen molar-refractivity contribution in [1.82, 2.24) is 14.7 Å². The summed E-state index contributed by atoms with van der Waals surface area (Å²) in [5.74, 6) is 0.0139. The zero-order valence-corrected chi connectivity index (χ0v) is 15.7. The second-order valence-corrected chi connectivity index (χ2v) is 6.51. The van der Waals surface area contributed by atoms with Gasteiger partial charge in [-0.05, 0) is 17.7 Å². The lowest BCUT2D eigenvalue weighted by Gasteiger charge is -2.25. The van der Waals surface area contributed by atoms with Gasteiger partial charge in [0.25, 0.3) is 0 Å². The van der Waals surface area contributed by atoms with E-state index in [1.54, 1.807) is 43.2 Å². The van der Waals surface area contributed by atoms with Crippen molar-refractivity contribution in [2.24, 2.45) is 5.92 Å². The van der Waals surface area contributed by atoms with E-state index in [4.69, 9.17) is 9.47 Å². The number of hydrogen-bond donors (Lipinski definition) is 1. The van der Waals surface area contributed by atoms with Gasteiger partial charge in [-0.15, -0.1) is 0 Å². The molecular weight excluding hydrogens is 348 g/mol. The molecule has 0 bridgehead atoms. The van der Waals surface area contributed by atoms with E-state index in [-0.39, 0.29) is 24.3 Å². The molecule has 8 heteroatoms. The minimum Gasteiger partial charge on any atom is -0.497 e. The van der Waals surface area contributed by atoms with E-state index < -0.39 is 5.92 Å². The summed E-state index contributed by atoms with van der Waals surface area (Å²) in [5.41, 5.74) is 1.51. The Hall–Kier alpha value is -2.87. The fourth-order valence-electron chi connectivity index (χ4n) is 3.33. The molecule has 144 valence electrons. The number of rotatable bonds is 7. The van der Waals surface area contributed by atoms with Gasteiger partial charge in [0.05, 0.1) is 44.1 Å². The van der Waals surface area contributed by atoms with Crippen LogP contribution in [-0.4, -0.2) is 54.4 Å². The molecule has 1 saturated heterocycles. The maximum absolute atomic E-state index is 12.9. The smallest absolute Gasteiger partial charge is 0.230 e. The standard InChI is InChI=1S/C19H24N4O4/c1-22-17(24)10-16(18(22)13-4-6-15(27-3)7-5-13)19(25)21-14-11-20-23(12-14)8-9-26-2/h4-7,11-12,16,18H,8-10H2,1-3H3,(H,21,25). The van der Waals surface area contributed by atoms with E-state index in [9.17, 15) is 9.59 Å². The average Bonchev–Trinajstić information content (AvgIpc) is 3.24. The minimum atomic E-state index is -0.474. The van der Waals surface area contributed by atoms with E-state index in [1.807, 2.05) is 24.3 Å². The van der Waals surface area contributed by atoms with Crippen molar-refractivity contribution < 1.29 is 19.1 Å². The summed E-state index contributed by atoms with van der Waals surface area (Å²) >= 11 is 0. The lowest BCUT2D eigenvalue weighted by molar-refractivity contribution is -0.127. The molecule has 2 atom stereocenters. The number of ether oxygens (including phenoxy) is 2. The van der Waals surface area contributed by atoms with Crippen LogP contribution in [0, 0.1) is 5.92 Å². The summed E-state index contributed by atoms with van der Waals surface area (Å²) in [7, 11) is 4.95. The Kier molecular flexibility index (Phi) is 5.75. The van der Waals surface area contributed by atoms with Gasteiger partial charge in [0.1, 0.15) is 5.75 Å². The first-order chi connectivity index (χ1) is 13.0. The largest absolute Gasteiger partial charge is 0.497 e. The zero-order valence-electron chi connectivity index (χ0n) is 15.7. The number of benzene rings is 1. The number of amides is 2. The van der Waals surface area contributed by atoms with Crippen LogP contribution in [0.4, 0.5) is 5.69 Å². The molecule has 1 aliphatic heterocycles. The van der Waals surface area contributed by atoms with Crippen LogP contribution in [0.15, 0.2) is 36.7 Å². The van der Waals surface area contributed by atoms with Crippen LogP contribution in [0.1, 0.15) is 18.0 Å². The quantitative estimate of drug-likeness (QED) is 0.799. The van der Waals surface area contributed by atoms with Gasteiger partial charge < -0.3 is 19.7 Å². The molecule has 27 heavy (non-hydrogen) atoms. The van der Waals surface area contributed by atoms with E-state index in [2.05, 4.69) is 10.4 Å². The lowest BCUT2D eigenvalue weighted by atomic mass is 9.93. The molecular formula is C19H24N4O4.